The average Bonchev–Trinajstić information content (AvgIpc) is 3.25. The molecule has 1 atom stereocenters. The number of hydrogen-bond donors (Lipinski definition) is 0. The van der Waals surface area contributed by atoms with Crippen LogP contribution in [0.15, 0.2) is 42.5 Å². The van der Waals surface area contributed by atoms with Crippen molar-refractivity contribution in [2.45, 2.75) is 32.2 Å². The lowest BCUT2D eigenvalue weighted by atomic mass is 10.1. The molecule has 1 aromatic heterocycles. The Hall–Kier alpha value is -2.37. The van der Waals surface area contributed by atoms with Crippen molar-refractivity contribution in [3.05, 3.63) is 58.9 Å². The second-order valence-corrected chi connectivity index (χ2v) is 8.51. The van der Waals surface area contributed by atoms with Crippen LogP contribution >= 0.6 is 11.6 Å². The number of aryl methyl sites for hydroxylation is 2. The van der Waals surface area contributed by atoms with Gasteiger partial charge in [-0.25, -0.2) is 4.98 Å². The summed E-state index contributed by atoms with van der Waals surface area (Å²) in [6, 6.07) is 14.1. The van der Waals surface area contributed by atoms with Crippen molar-refractivity contribution < 1.29 is 4.79 Å². The maximum Gasteiger partial charge on any atom is 0.227 e. The molecule has 1 aliphatic heterocycles. The summed E-state index contributed by atoms with van der Waals surface area (Å²) in [7, 11) is 4.18. The molecule has 29 heavy (non-hydrogen) atoms. The highest BCUT2D eigenvalue weighted by Gasteiger charge is 2.34. The van der Waals surface area contributed by atoms with Crippen LogP contribution in [0.2, 0.25) is 5.02 Å². The van der Waals surface area contributed by atoms with Crippen LogP contribution in [0.5, 0.6) is 0 Å². The number of aromatic nitrogens is 2. The van der Waals surface area contributed by atoms with Crippen molar-refractivity contribution >= 4 is 34.2 Å². The number of para-hydroxylation sites is 2. The Kier molecular flexibility index (Phi) is 5.61. The molecule has 0 aliphatic carbocycles. The van der Waals surface area contributed by atoms with Crippen LogP contribution in [0.4, 0.5) is 5.69 Å². The summed E-state index contributed by atoms with van der Waals surface area (Å²) in [6.45, 7) is 4.52. The number of fused-ring (bicyclic) bond motifs is 1. The van der Waals surface area contributed by atoms with Crippen LogP contribution in [0.1, 0.15) is 30.1 Å². The first kappa shape index (κ1) is 19.9. The van der Waals surface area contributed by atoms with Gasteiger partial charge in [-0.1, -0.05) is 29.8 Å². The fraction of sp³-hybridized carbons (Fsp3) is 0.391. The molecule has 0 N–H and O–H groups in total. The summed E-state index contributed by atoms with van der Waals surface area (Å²) in [6.07, 6.45) is 1.51. The van der Waals surface area contributed by atoms with Gasteiger partial charge in [-0.2, -0.15) is 0 Å². The molecule has 3 aromatic rings. The number of anilines is 1. The van der Waals surface area contributed by atoms with E-state index in [0.29, 0.717) is 18.0 Å². The van der Waals surface area contributed by atoms with E-state index in [2.05, 4.69) is 41.8 Å². The van der Waals surface area contributed by atoms with E-state index < -0.39 is 0 Å². The monoisotopic (exact) mass is 410 g/mol. The molecule has 5 nitrogen and oxygen atoms in total. The average molecular weight is 411 g/mol. The summed E-state index contributed by atoms with van der Waals surface area (Å²) >= 11 is 6.30. The smallest absolute Gasteiger partial charge is 0.227 e. The molecule has 1 aliphatic rings. The number of hydrogen-bond acceptors (Lipinski definition) is 3. The fourth-order valence-corrected chi connectivity index (χ4v) is 4.24. The number of rotatable bonds is 6. The van der Waals surface area contributed by atoms with E-state index in [1.807, 2.05) is 36.1 Å². The summed E-state index contributed by atoms with van der Waals surface area (Å²) in [4.78, 5) is 21.8. The molecule has 1 fully saturated rings. The highest BCUT2D eigenvalue weighted by atomic mass is 35.5. The molecular weight excluding hydrogens is 384 g/mol. The minimum atomic E-state index is 0.0781. The zero-order valence-corrected chi connectivity index (χ0v) is 18.0. The standard InChI is InChI=1S/C23H27ClN4O/c1-16-9-10-18(14-19(16)24)28-15-17(13-22(28)29)23-25-20-7-4-5-8-21(20)27(23)12-6-11-26(2)3/h4-5,7-10,14,17H,6,11-13,15H2,1-3H3/t17-/m0/s1. The van der Waals surface area contributed by atoms with Gasteiger partial charge in [0.2, 0.25) is 5.91 Å². The summed E-state index contributed by atoms with van der Waals surface area (Å²) < 4.78 is 2.31. The van der Waals surface area contributed by atoms with Crippen molar-refractivity contribution in [2.24, 2.45) is 0 Å². The van der Waals surface area contributed by atoms with Gasteiger partial charge in [0.15, 0.2) is 0 Å². The van der Waals surface area contributed by atoms with Crippen molar-refractivity contribution in [2.75, 3.05) is 32.1 Å². The molecule has 0 saturated carbocycles. The van der Waals surface area contributed by atoms with E-state index in [4.69, 9.17) is 16.6 Å². The summed E-state index contributed by atoms with van der Waals surface area (Å²) in [5.41, 5.74) is 4.02. The van der Waals surface area contributed by atoms with Crippen LogP contribution in [0.3, 0.4) is 0 Å². The van der Waals surface area contributed by atoms with Crippen LogP contribution in [-0.2, 0) is 11.3 Å². The maximum absolute atomic E-state index is 12.8. The zero-order valence-electron chi connectivity index (χ0n) is 17.2. The first-order valence-electron chi connectivity index (χ1n) is 10.1. The number of amides is 1. The molecular formula is C23H27ClN4O. The van der Waals surface area contributed by atoms with E-state index in [-0.39, 0.29) is 11.8 Å². The molecule has 4 rings (SSSR count). The predicted octanol–water partition coefficient (Wildman–Crippen LogP) is 4.47. The van der Waals surface area contributed by atoms with Crippen LogP contribution in [0.25, 0.3) is 11.0 Å². The highest BCUT2D eigenvalue weighted by Crippen LogP contribution is 2.34. The van der Waals surface area contributed by atoms with Crippen molar-refractivity contribution in [3.8, 4) is 0 Å². The van der Waals surface area contributed by atoms with Gasteiger partial charge in [-0.3, -0.25) is 4.79 Å². The normalized spacial score (nSPS) is 17.1. The van der Waals surface area contributed by atoms with Crippen LogP contribution in [-0.4, -0.2) is 47.5 Å². The topological polar surface area (TPSA) is 41.4 Å². The quantitative estimate of drug-likeness (QED) is 0.602. The Balaban J connectivity index is 1.64. The van der Waals surface area contributed by atoms with E-state index in [9.17, 15) is 4.79 Å². The van der Waals surface area contributed by atoms with Gasteiger partial charge in [0.05, 0.1) is 11.0 Å². The Morgan fingerprint density at radius 1 is 1.21 bits per heavy atom. The molecule has 2 aromatic carbocycles. The molecule has 6 heteroatoms. The molecule has 2 heterocycles. The lowest BCUT2D eigenvalue weighted by Crippen LogP contribution is -2.24. The van der Waals surface area contributed by atoms with E-state index in [1.54, 1.807) is 0 Å². The number of imidazole rings is 1. The Morgan fingerprint density at radius 3 is 2.76 bits per heavy atom. The second-order valence-electron chi connectivity index (χ2n) is 8.11. The van der Waals surface area contributed by atoms with Gasteiger partial charge in [0.25, 0.3) is 0 Å². The summed E-state index contributed by atoms with van der Waals surface area (Å²) in [5, 5.41) is 0.690. The van der Waals surface area contributed by atoms with Crippen LogP contribution < -0.4 is 4.90 Å². The third-order valence-corrected chi connectivity index (χ3v) is 6.04. The number of nitrogens with zero attached hydrogens (tertiary/aromatic N) is 4. The first-order valence-corrected chi connectivity index (χ1v) is 10.5. The number of benzene rings is 2. The van der Waals surface area contributed by atoms with Gasteiger partial charge in [0, 0.05) is 36.1 Å². The van der Waals surface area contributed by atoms with Crippen molar-refractivity contribution in [1.29, 1.82) is 0 Å². The minimum absolute atomic E-state index is 0.0781. The zero-order chi connectivity index (χ0) is 20.5. The largest absolute Gasteiger partial charge is 0.328 e. The van der Waals surface area contributed by atoms with E-state index >= 15 is 0 Å². The molecule has 0 spiro atoms. The lowest BCUT2D eigenvalue weighted by molar-refractivity contribution is -0.117. The third-order valence-electron chi connectivity index (χ3n) is 5.63. The minimum Gasteiger partial charge on any atom is -0.328 e. The Bertz CT molecular complexity index is 1040. The molecule has 0 bridgehead atoms. The lowest BCUT2D eigenvalue weighted by Gasteiger charge is -2.18. The van der Waals surface area contributed by atoms with Gasteiger partial charge in [0.1, 0.15) is 5.82 Å². The predicted molar refractivity (Wildman–Crippen MR) is 119 cm³/mol. The third kappa shape index (κ3) is 4.02. The Morgan fingerprint density at radius 2 is 2.00 bits per heavy atom. The molecule has 1 saturated heterocycles. The van der Waals surface area contributed by atoms with Crippen LogP contribution in [0, 0.1) is 6.92 Å². The molecule has 0 unspecified atom stereocenters. The van der Waals surface area contributed by atoms with Gasteiger partial charge in [-0.15, -0.1) is 0 Å². The molecule has 1 amide bonds. The maximum atomic E-state index is 12.8. The number of carbonyl (C=O) groups excluding carboxylic acids is 1. The second kappa shape index (κ2) is 8.17. The van der Waals surface area contributed by atoms with Gasteiger partial charge < -0.3 is 14.4 Å². The van der Waals surface area contributed by atoms with E-state index in [1.165, 1.54) is 0 Å². The van der Waals surface area contributed by atoms with E-state index in [0.717, 1.165) is 47.6 Å². The van der Waals surface area contributed by atoms with Gasteiger partial charge in [-0.05, 0) is 63.8 Å². The van der Waals surface area contributed by atoms with Gasteiger partial charge >= 0.3 is 0 Å². The fourth-order valence-electron chi connectivity index (χ4n) is 4.07. The van der Waals surface area contributed by atoms with Crippen molar-refractivity contribution in [3.63, 3.8) is 0 Å². The number of halogens is 1. The number of carbonyl (C=O) groups is 1. The molecule has 0 radical (unpaired) electrons. The SMILES string of the molecule is Cc1ccc(N2C[C@@H](c3nc4ccccc4n3CCCN(C)C)CC2=O)cc1Cl. The summed E-state index contributed by atoms with van der Waals surface area (Å²) in [5.74, 6) is 1.22. The molecule has 152 valence electrons. The highest BCUT2D eigenvalue weighted by molar-refractivity contribution is 6.31. The Labute approximate surface area is 176 Å². The first-order chi connectivity index (χ1) is 13.9. The van der Waals surface area contributed by atoms with Crippen molar-refractivity contribution in [1.82, 2.24) is 14.5 Å².